The number of halogens is 1. The molecule has 1 heterocycles. The third-order valence-electron chi connectivity index (χ3n) is 3.99. The van der Waals surface area contributed by atoms with E-state index in [9.17, 15) is 9.59 Å². The molecule has 0 bridgehead atoms. The van der Waals surface area contributed by atoms with Gasteiger partial charge in [-0.2, -0.15) is 0 Å². The summed E-state index contributed by atoms with van der Waals surface area (Å²) in [7, 11) is 0. The Kier molecular flexibility index (Phi) is 6.72. The number of amides is 1. The number of rotatable bonds is 6. The molecule has 0 radical (unpaired) electrons. The fourth-order valence-electron chi connectivity index (χ4n) is 2.80. The number of carbonyl (C=O) groups is 2. The van der Waals surface area contributed by atoms with Gasteiger partial charge in [-0.3, -0.25) is 9.59 Å². The molecule has 120 valence electrons. The summed E-state index contributed by atoms with van der Waals surface area (Å²) >= 11 is 5.65. The van der Waals surface area contributed by atoms with Gasteiger partial charge < -0.3 is 9.64 Å². The number of benzene rings is 1. The molecule has 1 amide bonds. The Morgan fingerprint density at radius 3 is 2.73 bits per heavy atom. The number of alkyl halides is 1. The van der Waals surface area contributed by atoms with Gasteiger partial charge in [0.2, 0.25) is 5.91 Å². The van der Waals surface area contributed by atoms with Crippen LogP contribution in [0, 0.1) is 0 Å². The largest absolute Gasteiger partial charge is 0.461 e. The smallest absolute Gasteiger partial charge is 0.306 e. The van der Waals surface area contributed by atoms with Crippen LogP contribution in [0.4, 0.5) is 0 Å². The summed E-state index contributed by atoms with van der Waals surface area (Å²) in [5, 5.41) is 0. The van der Waals surface area contributed by atoms with Gasteiger partial charge in [0.15, 0.2) is 0 Å². The number of piperidine rings is 1. The fourth-order valence-corrected chi connectivity index (χ4v) is 2.95. The molecule has 1 atom stereocenters. The second-order valence-corrected chi connectivity index (χ2v) is 5.82. The first-order valence-corrected chi connectivity index (χ1v) is 8.29. The van der Waals surface area contributed by atoms with Gasteiger partial charge in [0, 0.05) is 19.0 Å². The quantitative estimate of drug-likeness (QED) is 0.597. The van der Waals surface area contributed by atoms with Gasteiger partial charge in [0.1, 0.15) is 12.5 Å². The molecular weight excluding hydrogens is 302 g/mol. The number of hydrogen-bond acceptors (Lipinski definition) is 3. The molecule has 1 saturated heterocycles. The molecule has 0 saturated carbocycles. The highest BCUT2D eigenvalue weighted by Crippen LogP contribution is 2.21. The highest BCUT2D eigenvalue weighted by Gasteiger charge is 2.26. The molecule has 0 unspecified atom stereocenters. The van der Waals surface area contributed by atoms with Crippen molar-refractivity contribution in [2.75, 3.05) is 12.4 Å². The van der Waals surface area contributed by atoms with Crippen LogP contribution in [0.15, 0.2) is 30.3 Å². The van der Waals surface area contributed by atoms with Crippen molar-refractivity contribution in [1.82, 2.24) is 4.90 Å². The lowest BCUT2D eigenvalue weighted by Crippen LogP contribution is -2.44. The maximum atomic E-state index is 11.9. The molecule has 2 rings (SSSR count). The molecule has 0 N–H and O–H groups in total. The van der Waals surface area contributed by atoms with E-state index in [4.69, 9.17) is 16.3 Å². The first-order valence-electron chi connectivity index (χ1n) is 7.75. The lowest BCUT2D eigenvalue weighted by atomic mass is 9.98. The van der Waals surface area contributed by atoms with Crippen molar-refractivity contribution in [2.24, 2.45) is 0 Å². The molecular formula is C17H22ClNO3. The second-order valence-electron chi connectivity index (χ2n) is 5.56. The molecule has 22 heavy (non-hydrogen) atoms. The molecule has 1 aliphatic heterocycles. The number of nitrogens with zero attached hydrogens (tertiary/aromatic N) is 1. The van der Waals surface area contributed by atoms with Gasteiger partial charge >= 0.3 is 5.97 Å². The van der Waals surface area contributed by atoms with E-state index in [-0.39, 0.29) is 23.8 Å². The van der Waals surface area contributed by atoms with Crippen LogP contribution < -0.4 is 0 Å². The molecule has 1 aliphatic rings. The molecule has 4 nitrogen and oxygen atoms in total. The maximum Gasteiger partial charge on any atom is 0.306 e. The number of hydrogen-bond donors (Lipinski definition) is 0. The molecule has 0 aliphatic carbocycles. The molecule has 1 aromatic carbocycles. The van der Waals surface area contributed by atoms with E-state index in [1.54, 1.807) is 0 Å². The highest BCUT2D eigenvalue weighted by molar-refractivity contribution is 6.27. The van der Waals surface area contributed by atoms with Crippen LogP contribution in [0.1, 0.15) is 37.7 Å². The average Bonchev–Trinajstić information content (AvgIpc) is 2.58. The van der Waals surface area contributed by atoms with Crippen LogP contribution in [0.3, 0.4) is 0 Å². The van der Waals surface area contributed by atoms with E-state index in [2.05, 4.69) is 0 Å². The normalized spacial score (nSPS) is 18.0. The van der Waals surface area contributed by atoms with E-state index in [1.807, 2.05) is 35.2 Å². The first-order chi connectivity index (χ1) is 10.7. The zero-order valence-corrected chi connectivity index (χ0v) is 13.4. The molecule has 1 fully saturated rings. The standard InChI is InChI=1S/C17H22ClNO3/c18-12-16(20)19-11-5-4-8-15(19)9-10-17(21)22-13-14-6-2-1-3-7-14/h1-3,6-7,15H,4-5,8-13H2/t15-/m1/s1. The number of likely N-dealkylation sites (tertiary alicyclic amines) is 1. The third kappa shape index (κ3) is 5.02. The summed E-state index contributed by atoms with van der Waals surface area (Å²) < 4.78 is 5.27. The summed E-state index contributed by atoms with van der Waals surface area (Å²) in [6, 6.07) is 9.73. The minimum Gasteiger partial charge on any atom is -0.461 e. The van der Waals surface area contributed by atoms with Crippen molar-refractivity contribution < 1.29 is 14.3 Å². The number of esters is 1. The Balaban J connectivity index is 1.75. The SMILES string of the molecule is O=C(CC[C@H]1CCCCN1C(=O)CCl)OCc1ccccc1. The molecule has 5 heteroatoms. The lowest BCUT2D eigenvalue weighted by Gasteiger charge is -2.35. The van der Waals surface area contributed by atoms with Gasteiger partial charge in [-0.05, 0) is 31.2 Å². The Bertz CT molecular complexity index is 492. The van der Waals surface area contributed by atoms with Crippen LogP contribution in [0.5, 0.6) is 0 Å². The average molecular weight is 324 g/mol. The van der Waals surface area contributed by atoms with Crippen molar-refractivity contribution in [2.45, 2.75) is 44.8 Å². The van der Waals surface area contributed by atoms with Crippen LogP contribution in [-0.4, -0.2) is 35.2 Å². The zero-order valence-electron chi connectivity index (χ0n) is 12.7. The van der Waals surface area contributed by atoms with Gasteiger partial charge in [-0.25, -0.2) is 0 Å². The summed E-state index contributed by atoms with van der Waals surface area (Å²) in [5.74, 6) is -0.244. The molecule has 0 aromatic heterocycles. The van der Waals surface area contributed by atoms with Crippen molar-refractivity contribution in [3.05, 3.63) is 35.9 Å². The molecule has 0 spiro atoms. The van der Waals surface area contributed by atoms with Crippen molar-refractivity contribution in [3.63, 3.8) is 0 Å². The van der Waals surface area contributed by atoms with Crippen molar-refractivity contribution in [1.29, 1.82) is 0 Å². The van der Waals surface area contributed by atoms with E-state index in [0.717, 1.165) is 31.4 Å². The summed E-state index contributed by atoms with van der Waals surface area (Å²) in [6.45, 7) is 1.05. The number of carbonyl (C=O) groups excluding carboxylic acids is 2. The van der Waals surface area contributed by atoms with Crippen molar-refractivity contribution in [3.8, 4) is 0 Å². The van der Waals surface area contributed by atoms with Crippen LogP contribution >= 0.6 is 11.6 Å². The van der Waals surface area contributed by atoms with Crippen LogP contribution in [0.25, 0.3) is 0 Å². The van der Waals surface area contributed by atoms with Crippen molar-refractivity contribution >= 4 is 23.5 Å². The summed E-state index contributed by atoms with van der Waals surface area (Å²) in [6.07, 6.45) is 4.03. The Hall–Kier alpha value is -1.55. The lowest BCUT2D eigenvalue weighted by molar-refractivity contribution is -0.146. The Labute approximate surface area is 136 Å². The minimum atomic E-state index is -0.215. The fraction of sp³-hybridized carbons (Fsp3) is 0.529. The Morgan fingerprint density at radius 1 is 1.23 bits per heavy atom. The van der Waals surface area contributed by atoms with Gasteiger partial charge in [0.05, 0.1) is 0 Å². The van der Waals surface area contributed by atoms with E-state index < -0.39 is 0 Å². The predicted molar refractivity (Wildman–Crippen MR) is 85.5 cm³/mol. The highest BCUT2D eigenvalue weighted by atomic mass is 35.5. The van der Waals surface area contributed by atoms with Gasteiger partial charge in [0.25, 0.3) is 0 Å². The van der Waals surface area contributed by atoms with Gasteiger partial charge in [-0.1, -0.05) is 30.3 Å². The zero-order chi connectivity index (χ0) is 15.8. The predicted octanol–water partition coefficient (Wildman–Crippen LogP) is 3.13. The first kappa shape index (κ1) is 16.8. The molecule has 1 aromatic rings. The number of ether oxygens (including phenoxy) is 1. The second kappa shape index (κ2) is 8.79. The van der Waals surface area contributed by atoms with Crippen LogP contribution in [0.2, 0.25) is 0 Å². The van der Waals surface area contributed by atoms with E-state index >= 15 is 0 Å². The van der Waals surface area contributed by atoms with E-state index in [0.29, 0.717) is 19.4 Å². The summed E-state index contributed by atoms with van der Waals surface area (Å²) in [5.41, 5.74) is 0.979. The maximum absolute atomic E-state index is 11.9. The van der Waals surface area contributed by atoms with E-state index in [1.165, 1.54) is 0 Å². The summed E-state index contributed by atoms with van der Waals surface area (Å²) in [4.78, 5) is 25.5. The minimum absolute atomic E-state index is 0.00888. The van der Waals surface area contributed by atoms with Crippen LogP contribution in [-0.2, 0) is 20.9 Å². The topological polar surface area (TPSA) is 46.6 Å². The van der Waals surface area contributed by atoms with Gasteiger partial charge in [-0.15, -0.1) is 11.6 Å². The Morgan fingerprint density at radius 2 is 2.00 bits per heavy atom. The third-order valence-corrected chi connectivity index (χ3v) is 4.21. The monoisotopic (exact) mass is 323 g/mol.